The van der Waals surface area contributed by atoms with Crippen LogP contribution in [0.5, 0.6) is 5.75 Å². The Morgan fingerprint density at radius 2 is 1.66 bits per heavy atom. The van der Waals surface area contributed by atoms with Gasteiger partial charge >= 0.3 is 0 Å². The molecule has 29 heavy (non-hydrogen) atoms. The monoisotopic (exact) mass is 398 g/mol. The Labute approximate surface area is 174 Å². The second kappa shape index (κ2) is 9.95. The first-order valence-electron chi connectivity index (χ1n) is 11.1. The summed E-state index contributed by atoms with van der Waals surface area (Å²) in [5, 5.41) is 0. The van der Waals surface area contributed by atoms with Crippen LogP contribution >= 0.6 is 0 Å². The fraction of sp³-hybridized carbons (Fsp3) is 0.583. The van der Waals surface area contributed by atoms with Crippen LogP contribution in [0, 0.1) is 5.92 Å². The molecule has 1 aromatic rings. The van der Waals surface area contributed by atoms with Crippen molar-refractivity contribution in [3.8, 4) is 5.75 Å². The summed E-state index contributed by atoms with van der Waals surface area (Å²) in [6, 6.07) is 7.61. The lowest BCUT2D eigenvalue weighted by Crippen LogP contribution is -2.35. The number of likely N-dealkylation sites (tertiary alicyclic amines) is 1. The van der Waals surface area contributed by atoms with Crippen LogP contribution in [0.4, 0.5) is 0 Å². The summed E-state index contributed by atoms with van der Waals surface area (Å²) in [5.74, 6) is 0.973. The van der Waals surface area contributed by atoms with Crippen LogP contribution in [-0.2, 0) is 9.59 Å². The van der Waals surface area contributed by atoms with Crippen LogP contribution in [0.1, 0.15) is 64.9 Å². The zero-order chi connectivity index (χ0) is 20.8. The van der Waals surface area contributed by atoms with Crippen molar-refractivity contribution in [2.75, 3.05) is 26.2 Å². The Bertz CT molecular complexity index is 746. The molecule has 1 saturated heterocycles. The van der Waals surface area contributed by atoms with Gasteiger partial charge in [-0.15, -0.1) is 0 Å². The zero-order valence-electron chi connectivity index (χ0n) is 18.1. The SMILES string of the molecule is CCCCCCN1C(=O)C(c2ccc(OCC(C)C)cc2)=C(N2CCCC2)C1=O. The van der Waals surface area contributed by atoms with Crippen molar-refractivity contribution in [2.24, 2.45) is 5.92 Å². The minimum Gasteiger partial charge on any atom is -0.493 e. The molecule has 5 nitrogen and oxygen atoms in total. The number of unbranched alkanes of at least 4 members (excludes halogenated alkanes) is 3. The molecular weight excluding hydrogens is 364 g/mol. The predicted octanol–water partition coefficient (Wildman–Crippen LogP) is 4.48. The molecule has 0 unspecified atom stereocenters. The molecule has 0 N–H and O–H groups in total. The number of amides is 2. The molecule has 2 heterocycles. The molecule has 3 rings (SSSR count). The van der Waals surface area contributed by atoms with Gasteiger partial charge in [-0.3, -0.25) is 14.5 Å². The highest BCUT2D eigenvalue weighted by molar-refractivity contribution is 6.35. The van der Waals surface area contributed by atoms with Crippen molar-refractivity contribution < 1.29 is 14.3 Å². The molecule has 2 amide bonds. The molecule has 5 heteroatoms. The highest BCUT2D eigenvalue weighted by Gasteiger charge is 2.41. The molecule has 1 aromatic carbocycles. The number of ether oxygens (including phenoxy) is 1. The molecule has 0 spiro atoms. The van der Waals surface area contributed by atoms with E-state index < -0.39 is 0 Å². The number of hydrogen-bond acceptors (Lipinski definition) is 4. The van der Waals surface area contributed by atoms with Gasteiger partial charge in [0.15, 0.2) is 0 Å². The number of rotatable bonds is 10. The Morgan fingerprint density at radius 1 is 0.966 bits per heavy atom. The maximum Gasteiger partial charge on any atom is 0.277 e. The van der Waals surface area contributed by atoms with Gasteiger partial charge in [0.2, 0.25) is 0 Å². The van der Waals surface area contributed by atoms with Crippen molar-refractivity contribution in [3.05, 3.63) is 35.5 Å². The van der Waals surface area contributed by atoms with Crippen molar-refractivity contribution in [3.63, 3.8) is 0 Å². The smallest absolute Gasteiger partial charge is 0.277 e. The number of nitrogens with zero attached hydrogens (tertiary/aromatic N) is 2. The minimum absolute atomic E-state index is 0.122. The molecule has 0 atom stereocenters. The van der Waals surface area contributed by atoms with E-state index in [0.29, 0.717) is 30.3 Å². The Hall–Kier alpha value is -2.30. The summed E-state index contributed by atoms with van der Waals surface area (Å²) in [5.41, 5.74) is 1.96. The van der Waals surface area contributed by atoms with Crippen LogP contribution in [0.2, 0.25) is 0 Å². The average molecular weight is 399 g/mol. The third kappa shape index (κ3) is 5.01. The molecule has 0 aliphatic carbocycles. The van der Waals surface area contributed by atoms with Crippen molar-refractivity contribution in [1.82, 2.24) is 9.80 Å². The highest BCUT2D eigenvalue weighted by atomic mass is 16.5. The van der Waals surface area contributed by atoms with E-state index in [1.807, 2.05) is 24.3 Å². The third-order valence-corrected chi connectivity index (χ3v) is 5.53. The summed E-state index contributed by atoms with van der Waals surface area (Å²) in [6.45, 7) is 9.23. The van der Waals surface area contributed by atoms with Gasteiger partial charge in [-0.2, -0.15) is 0 Å². The number of benzene rings is 1. The summed E-state index contributed by atoms with van der Waals surface area (Å²) in [6.07, 6.45) is 6.31. The molecule has 0 radical (unpaired) electrons. The lowest BCUT2D eigenvalue weighted by atomic mass is 10.0. The van der Waals surface area contributed by atoms with Gasteiger partial charge in [-0.1, -0.05) is 52.2 Å². The first-order chi connectivity index (χ1) is 14.0. The van der Waals surface area contributed by atoms with Crippen molar-refractivity contribution in [1.29, 1.82) is 0 Å². The number of carbonyl (C=O) groups excluding carboxylic acids is 2. The molecule has 1 fully saturated rings. The van der Waals surface area contributed by atoms with E-state index in [1.165, 1.54) is 4.90 Å². The summed E-state index contributed by atoms with van der Waals surface area (Å²) in [7, 11) is 0. The summed E-state index contributed by atoms with van der Waals surface area (Å²) < 4.78 is 5.77. The standard InChI is InChI=1S/C24H34N2O3/c1-4-5-6-7-16-26-23(27)21(22(24(26)28)25-14-8-9-15-25)19-10-12-20(13-11-19)29-17-18(2)3/h10-13,18H,4-9,14-17H2,1-3H3. The molecule has 0 bridgehead atoms. The van der Waals surface area contributed by atoms with Crippen molar-refractivity contribution in [2.45, 2.75) is 59.3 Å². The van der Waals surface area contributed by atoms with Gasteiger partial charge in [0.25, 0.3) is 11.8 Å². The lowest BCUT2D eigenvalue weighted by Gasteiger charge is -2.20. The maximum atomic E-state index is 13.2. The van der Waals surface area contributed by atoms with E-state index in [2.05, 4.69) is 25.7 Å². The van der Waals surface area contributed by atoms with Gasteiger partial charge in [0.1, 0.15) is 11.4 Å². The highest BCUT2D eigenvalue weighted by Crippen LogP contribution is 2.34. The zero-order valence-corrected chi connectivity index (χ0v) is 18.1. The quantitative estimate of drug-likeness (QED) is 0.431. The van der Waals surface area contributed by atoms with E-state index in [-0.39, 0.29) is 11.8 Å². The molecular formula is C24H34N2O3. The van der Waals surface area contributed by atoms with Gasteiger partial charge in [0, 0.05) is 19.6 Å². The number of imide groups is 1. The second-order valence-electron chi connectivity index (χ2n) is 8.47. The molecule has 2 aliphatic heterocycles. The predicted molar refractivity (Wildman–Crippen MR) is 115 cm³/mol. The molecule has 0 saturated carbocycles. The number of carbonyl (C=O) groups is 2. The van der Waals surface area contributed by atoms with Crippen molar-refractivity contribution >= 4 is 17.4 Å². The van der Waals surface area contributed by atoms with Gasteiger partial charge in [0.05, 0.1) is 12.2 Å². The van der Waals surface area contributed by atoms with Crippen LogP contribution in [-0.4, -0.2) is 47.9 Å². The van der Waals surface area contributed by atoms with Gasteiger partial charge in [-0.05, 0) is 42.9 Å². The van der Waals surface area contributed by atoms with E-state index in [9.17, 15) is 9.59 Å². The Morgan fingerprint density at radius 3 is 2.28 bits per heavy atom. The summed E-state index contributed by atoms with van der Waals surface area (Å²) in [4.78, 5) is 30.0. The average Bonchev–Trinajstić information content (AvgIpc) is 3.31. The third-order valence-electron chi connectivity index (χ3n) is 5.53. The first kappa shape index (κ1) is 21.4. The van der Waals surface area contributed by atoms with E-state index in [4.69, 9.17) is 4.74 Å². The minimum atomic E-state index is -0.149. The summed E-state index contributed by atoms with van der Waals surface area (Å²) >= 11 is 0. The lowest BCUT2D eigenvalue weighted by molar-refractivity contribution is -0.137. The topological polar surface area (TPSA) is 49.9 Å². The molecule has 2 aliphatic rings. The largest absolute Gasteiger partial charge is 0.493 e. The Kier molecular flexibility index (Phi) is 7.34. The van der Waals surface area contributed by atoms with E-state index in [0.717, 1.165) is 62.9 Å². The van der Waals surface area contributed by atoms with Crippen LogP contribution in [0.25, 0.3) is 5.57 Å². The first-order valence-corrected chi connectivity index (χ1v) is 11.1. The van der Waals surface area contributed by atoms with E-state index in [1.54, 1.807) is 0 Å². The fourth-order valence-corrected chi connectivity index (χ4v) is 3.94. The van der Waals surface area contributed by atoms with Gasteiger partial charge < -0.3 is 9.64 Å². The van der Waals surface area contributed by atoms with Crippen LogP contribution < -0.4 is 4.74 Å². The van der Waals surface area contributed by atoms with E-state index >= 15 is 0 Å². The molecule has 158 valence electrons. The normalized spacial score (nSPS) is 17.2. The molecule has 0 aromatic heterocycles. The van der Waals surface area contributed by atoms with Crippen LogP contribution in [0.3, 0.4) is 0 Å². The Balaban J connectivity index is 1.83. The van der Waals surface area contributed by atoms with Crippen LogP contribution in [0.15, 0.2) is 30.0 Å². The van der Waals surface area contributed by atoms with Gasteiger partial charge in [-0.25, -0.2) is 0 Å². The maximum absolute atomic E-state index is 13.2. The fourth-order valence-electron chi connectivity index (χ4n) is 3.94. The second-order valence-corrected chi connectivity index (χ2v) is 8.47. The number of hydrogen-bond donors (Lipinski definition) is 0.